The highest BCUT2D eigenvalue weighted by molar-refractivity contribution is 6.35. The van der Waals surface area contributed by atoms with E-state index in [9.17, 15) is 4.79 Å². The van der Waals surface area contributed by atoms with Gasteiger partial charge in [-0.2, -0.15) is 0 Å². The van der Waals surface area contributed by atoms with E-state index in [-0.39, 0.29) is 5.91 Å². The van der Waals surface area contributed by atoms with E-state index in [1.807, 2.05) is 67.7 Å². The third-order valence-electron chi connectivity index (χ3n) is 6.26. The number of pyridine rings is 1. The van der Waals surface area contributed by atoms with Crippen LogP contribution in [-0.4, -0.2) is 17.4 Å². The molecule has 5 heteroatoms. The minimum absolute atomic E-state index is 0.0649. The van der Waals surface area contributed by atoms with E-state index < -0.39 is 0 Å². The second-order valence-corrected chi connectivity index (χ2v) is 9.41. The maximum atomic E-state index is 12.4. The van der Waals surface area contributed by atoms with E-state index >= 15 is 0 Å². The molecular formula is C32H28ClN3O. The number of amides is 1. The Bertz CT molecular complexity index is 1550. The van der Waals surface area contributed by atoms with Gasteiger partial charge in [-0.1, -0.05) is 79.2 Å². The second kappa shape index (κ2) is 11.3. The van der Waals surface area contributed by atoms with Crippen molar-refractivity contribution >= 4 is 39.8 Å². The molecule has 37 heavy (non-hydrogen) atoms. The molecule has 1 heterocycles. The maximum absolute atomic E-state index is 12.4. The molecule has 0 unspecified atom stereocenters. The van der Waals surface area contributed by atoms with Crippen molar-refractivity contribution in [3.05, 3.63) is 125 Å². The molecule has 1 amide bonds. The molecule has 2 N–H and O–H groups in total. The highest BCUT2D eigenvalue weighted by Gasteiger charge is 2.14. The number of hydrogen-bond donors (Lipinski definition) is 2. The fourth-order valence-electron chi connectivity index (χ4n) is 4.52. The van der Waals surface area contributed by atoms with Crippen molar-refractivity contribution in [2.75, 3.05) is 11.9 Å². The van der Waals surface area contributed by atoms with Crippen LogP contribution in [0, 0.1) is 0 Å². The van der Waals surface area contributed by atoms with Crippen molar-refractivity contribution in [3.8, 4) is 11.1 Å². The van der Waals surface area contributed by atoms with Crippen LogP contribution in [0.4, 0.5) is 11.4 Å². The Labute approximate surface area is 222 Å². The van der Waals surface area contributed by atoms with E-state index in [1.54, 1.807) is 0 Å². The fourth-order valence-corrected chi connectivity index (χ4v) is 4.74. The third kappa shape index (κ3) is 5.65. The van der Waals surface area contributed by atoms with Gasteiger partial charge in [-0.05, 0) is 71.5 Å². The number of halogens is 1. The van der Waals surface area contributed by atoms with Crippen LogP contribution in [0.2, 0.25) is 5.02 Å². The largest absolute Gasteiger partial charge is 0.355 e. The molecule has 184 valence electrons. The van der Waals surface area contributed by atoms with Crippen LogP contribution in [-0.2, 0) is 6.42 Å². The van der Waals surface area contributed by atoms with Crippen molar-refractivity contribution in [2.24, 2.45) is 0 Å². The number of hydrogen-bond acceptors (Lipinski definition) is 3. The van der Waals surface area contributed by atoms with Crippen LogP contribution in [0.5, 0.6) is 0 Å². The lowest BCUT2D eigenvalue weighted by Crippen LogP contribution is -2.23. The molecular weight excluding hydrogens is 478 g/mol. The summed E-state index contributed by atoms with van der Waals surface area (Å²) in [6.45, 7) is 2.70. The maximum Gasteiger partial charge on any atom is 0.251 e. The average molecular weight is 506 g/mol. The predicted octanol–water partition coefficient (Wildman–Crippen LogP) is 8.03. The van der Waals surface area contributed by atoms with Gasteiger partial charge in [0.1, 0.15) is 0 Å². The molecule has 0 saturated carbocycles. The van der Waals surface area contributed by atoms with Gasteiger partial charge in [0.2, 0.25) is 0 Å². The molecule has 1 aromatic heterocycles. The third-order valence-corrected chi connectivity index (χ3v) is 6.57. The summed E-state index contributed by atoms with van der Waals surface area (Å²) in [6, 6.07) is 32.2. The quantitative estimate of drug-likeness (QED) is 0.224. The van der Waals surface area contributed by atoms with E-state index in [0.717, 1.165) is 51.8 Å². The van der Waals surface area contributed by atoms with Gasteiger partial charge in [0.25, 0.3) is 5.91 Å². The first-order valence-electron chi connectivity index (χ1n) is 12.5. The van der Waals surface area contributed by atoms with Crippen LogP contribution >= 0.6 is 11.6 Å². The molecule has 0 saturated heterocycles. The van der Waals surface area contributed by atoms with Crippen molar-refractivity contribution in [2.45, 2.75) is 19.8 Å². The molecule has 0 aliphatic carbocycles. The molecule has 5 rings (SSSR count). The summed E-state index contributed by atoms with van der Waals surface area (Å²) in [4.78, 5) is 17.1. The summed E-state index contributed by atoms with van der Waals surface area (Å²) < 4.78 is 0. The minimum atomic E-state index is -0.0649. The van der Waals surface area contributed by atoms with Crippen LogP contribution in [0.1, 0.15) is 34.8 Å². The number of nitrogens with one attached hydrogen (secondary N) is 2. The summed E-state index contributed by atoms with van der Waals surface area (Å²) in [5.74, 6) is -0.0649. The van der Waals surface area contributed by atoms with Gasteiger partial charge in [-0.15, -0.1) is 0 Å². The number of carbonyl (C=O) groups is 1. The molecule has 0 spiro atoms. The summed E-state index contributed by atoms with van der Waals surface area (Å²) >= 11 is 6.53. The van der Waals surface area contributed by atoms with Crippen molar-refractivity contribution in [1.29, 1.82) is 0 Å². The molecule has 5 aromatic rings. The molecule has 0 radical (unpaired) electrons. The van der Waals surface area contributed by atoms with Crippen LogP contribution in [0.15, 0.2) is 103 Å². The molecule has 0 atom stereocenters. The highest BCUT2D eigenvalue weighted by atomic mass is 35.5. The second-order valence-electron chi connectivity index (χ2n) is 9.00. The number of nitrogens with zero attached hydrogens (tertiary/aromatic N) is 1. The fraction of sp³-hybridized carbons (Fsp3) is 0.125. The molecule has 0 bridgehead atoms. The van der Waals surface area contributed by atoms with Crippen LogP contribution in [0.3, 0.4) is 0 Å². The Balaban J connectivity index is 1.53. The van der Waals surface area contributed by atoms with Gasteiger partial charge >= 0.3 is 0 Å². The van der Waals surface area contributed by atoms with Gasteiger partial charge in [-0.25, -0.2) is 0 Å². The number of para-hydroxylation sites is 1. The Morgan fingerprint density at radius 1 is 0.865 bits per heavy atom. The molecule has 0 aliphatic heterocycles. The lowest BCUT2D eigenvalue weighted by atomic mass is 9.92. The normalized spacial score (nSPS) is 10.9. The summed E-state index contributed by atoms with van der Waals surface area (Å²) in [6.07, 6.45) is 3.60. The Kier molecular flexibility index (Phi) is 7.48. The first-order valence-corrected chi connectivity index (χ1v) is 12.9. The first kappa shape index (κ1) is 24.5. The predicted molar refractivity (Wildman–Crippen MR) is 154 cm³/mol. The van der Waals surface area contributed by atoms with Crippen LogP contribution < -0.4 is 10.6 Å². The summed E-state index contributed by atoms with van der Waals surface area (Å²) in [5, 5.41) is 8.06. The average Bonchev–Trinajstić information content (AvgIpc) is 2.92. The zero-order chi connectivity index (χ0) is 25.6. The number of benzene rings is 4. The van der Waals surface area contributed by atoms with Crippen molar-refractivity contribution in [1.82, 2.24) is 10.3 Å². The minimum Gasteiger partial charge on any atom is -0.355 e. The standard InChI is InChI=1S/C32H28ClN3O/c1-2-17-34-32(37)24-12-7-14-27(20-24)36-26-13-6-11-23(19-26)30-25(18-22-9-4-3-5-10-22)21-35-31-28(30)15-8-16-29(31)33/h3-16,19-21,36H,2,17-18H2,1H3,(H,34,37). The lowest BCUT2D eigenvalue weighted by Gasteiger charge is -2.16. The van der Waals surface area contributed by atoms with E-state index in [2.05, 4.69) is 53.1 Å². The Hall–Kier alpha value is -4.15. The topological polar surface area (TPSA) is 54.0 Å². The van der Waals surface area contributed by atoms with Gasteiger partial charge in [-0.3, -0.25) is 9.78 Å². The number of fused-ring (bicyclic) bond motifs is 1. The highest BCUT2D eigenvalue weighted by Crippen LogP contribution is 2.36. The molecule has 0 aliphatic rings. The monoisotopic (exact) mass is 505 g/mol. The van der Waals surface area contributed by atoms with Crippen molar-refractivity contribution in [3.63, 3.8) is 0 Å². The number of carbonyl (C=O) groups excluding carboxylic acids is 1. The van der Waals surface area contributed by atoms with E-state index in [4.69, 9.17) is 16.6 Å². The van der Waals surface area contributed by atoms with Crippen LogP contribution in [0.25, 0.3) is 22.0 Å². The Morgan fingerprint density at radius 3 is 2.43 bits per heavy atom. The zero-order valence-corrected chi connectivity index (χ0v) is 21.4. The SMILES string of the molecule is CCCNC(=O)c1cccc(Nc2cccc(-c3c(Cc4ccccc4)cnc4c(Cl)cccc34)c2)c1. The smallest absolute Gasteiger partial charge is 0.251 e. The molecule has 0 fully saturated rings. The van der Waals surface area contributed by atoms with E-state index in [1.165, 1.54) is 5.56 Å². The number of rotatable bonds is 8. The zero-order valence-electron chi connectivity index (χ0n) is 20.7. The van der Waals surface area contributed by atoms with E-state index in [0.29, 0.717) is 17.1 Å². The molecule has 4 nitrogen and oxygen atoms in total. The first-order chi connectivity index (χ1) is 18.1. The van der Waals surface area contributed by atoms with Crippen molar-refractivity contribution < 1.29 is 4.79 Å². The Morgan fingerprint density at radius 2 is 1.62 bits per heavy atom. The van der Waals surface area contributed by atoms with Gasteiger partial charge < -0.3 is 10.6 Å². The van der Waals surface area contributed by atoms with Gasteiger partial charge in [0.15, 0.2) is 0 Å². The lowest BCUT2D eigenvalue weighted by molar-refractivity contribution is 0.0953. The van der Waals surface area contributed by atoms with Gasteiger partial charge in [0, 0.05) is 35.1 Å². The molecule has 4 aromatic carbocycles. The number of anilines is 2. The summed E-state index contributed by atoms with van der Waals surface area (Å²) in [5.41, 5.74) is 7.76. The summed E-state index contributed by atoms with van der Waals surface area (Å²) in [7, 11) is 0. The number of aromatic nitrogens is 1. The van der Waals surface area contributed by atoms with Gasteiger partial charge in [0.05, 0.1) is 10.5 Å².